The van der Waals surface area contributed by atoms with Crippen LogP contribution in [0.1, 0.15) is 80.9 Å². The monoisotopic (exact) mass is 306 g/mol. The van der Waals surface area contributed by atoms with Gasteiger partial charge in [-0.3, -0.25) is 9.59 Å². The Labute approximate surface area is 133 Å². The molecule has 0 saturated heterocycles. The van der Waals surface area contributed by atoms with Gasteiger partial charge in [-0.05, 0) is 38.3 Å². The summed E-state index contributed by atoms with van der Waals surface area (Å²) in [6.45, 7) is 8.18. The molecule has 0 aliphatic heterocycles. The third-order valence-corrected chi connectivity index (χ3v) is 3.96. The quantitative estimate of drug-likeness (QED) is 0.683. The van der Waals surface area contributed by atoms with Crippen molar-refractivity contribution in [1.29, 1.82) is 0 Å². The van der Waals surface area contributed by atoms with Crippen LogP contribution in [0.2, 0.25) is 0 Å². The summed E-state index contributed by atoms with van der Waals surface area (Å²) in [4.78, 5) is 27.2. The number of rotatable bonds is 9. The number of carbonyl (C=O) groups excluding carboxylic acids is 1. The Balaban J connectivity index is 2.65. The lowest BCUT2D eigenvalue weighted by Gasteiger charge is -2.14. The van der Waals surface area contributed by atoms with Crippen LogP contribution in [-0.2, 0) is 6.42 Å². The van der Waals surface area contributed by atoms with Gasteiger partial charge >= 0.3 is 0 Å². The SMILES string of the molecule is CCCCCC[C@H](C)NC(=O)c1cc(C)c(CCC)[nH]c1=O. The largest absolute Gasteiger partial charge is 0.349 e. The predicted molar refractivity (Wildman–Crippen MR) is 91.5 cm³/mol. The van der Waals surface area contributed by atoms with Crippen molar-refractivity contribution in [3.63, 3.8) is 0 Å². The van der Waals surface area contributed by atoms with Crippen molar-refractivity contribution in [1.82, 2.24) is 10.3 Å². The molecule has 0 spiro atoms. The molecule has 2 N–H and O–H groups in total. The molecule has 22 heavy (non-hydrogen) atoms. The van der Waals surface area contributed by atoms with E-state index in [0.29, 0.717) is 0 Å². The number of carbonyl (C=O) groups is 1. The second kappa shape index (κ2) is 9.44. The van der Waals surface area contributed by atoms with Gasteiger partial charge in [-0.15, -0.1) is 0 Å². The number of pyridine rings is 1. The van der Waals surface area contributed by atoms with Gasteiger partial charge in [0.25, 0.3) is 11.5 Å². The molecular formula is C18H30N2O2. The molecule has 0 aromatic carbocycles. The summed E-state index contributed by atoms with van der Waals surface area (Å²) in [7, 11) is 0. The summed E-state index contributed by atoms with van der Waals surface area (Å²) in [5.74, 6) is -0.268. The molecule has 1 atom stereocenters. The molecule has 0 bridgehead atoms. The van der Waals surface area contributed by atoms with E-state index in [4.69, 9.17) is 0 Å². The van der Waals surface area contributed by atoms with Crippen molar-refractivity contribution >= 4 is 5.91 Å². The van der Waals surface area contributed by atoms with E-state index in [9.17, 15) is 9.59 Å². The number of nitrogens with one attached hydrogen (secondary N) is 2. The maximum absolute atomic E-state index is 12.3. The maximum atomic E-state index is 12.3. The average Bonchev–Trinajstić information content (AvgIpc) is 2.47. The average molecular weight is 306 g/mol. The van der Waals surface area contributed by atoms with Gasteiger partial charge in [0.15, 0.2) is 0 Å². The molecule has 4 nitrogen and oxygen atoms in total. The fourth-order valence-corrected chi connectivity index (χ4v) is 2.60. The Morgan fingerprint density at radius 2 is 1.95 bits per heavy atom. The highest BCUT2D eigenvalue weighted by molar-refractivity contribution is 5.94. The zero-order valence-corrected chi connectivity index (χ0v) is 14.4. The zero-order chi connectivity index (χ0) is 16.5. The summed E-state index contributed by atoms with van der Waals surface area (Å²) in [5, 5.41) is 2.93. The summed E-state index contributed by atoms with van der Waals surface area (Å²) in [6, 6.07) is 1.81. The number of aryl methyl sites for hydroxylation is 2. The zero-order valence-electron chi connectivity index (χ0n) is 14.4. The highest BCUT2D eigenvalue weighted by atomic mass is 16.2. The number of hydrogen-bond acceptors (Lipinski definition) is 2. The topological polar surface area (TPSA) is 62.0 Å². The van der Waals surface area contributed by atoms with Gasteiger partial charge in [-0.1, -0.05) is 46.0 Å². The Hall–Kier alpha value is -1.58. The lowest BCUT2D eigenvalue weighted by molar-refractivity contribution is 0.0936. The Morgan fingerprint density at radius 1 is 1.23 bits per heavy atom. The molecular weight excluding hydrogens is 276 g/mol. The minimum Gasteiger partial charge on any atom is -0.349 e. The van der Waals surface area contributed by atoms with E-state index in [1.165, 1.54) is 19.3 Å². The van der Waals surface area contributed by atoms with Crippen molar-refractivity contribution in [3.05, 3.63) is 33.2 Å². The standard InChI is InChI=1S/C18H30N2O2/c1-5-7-8-9-11-14(4)19-17(21)15-12-13(3)16(10-6-2)20-18(15)22/h12,14H,5-11H2,1-4H3,(H,19,21)(H,20,22)/t14-/m0/s1. The smallest absolute Gasteiger partial charge is 0.261 e. The molecule has 4 heteroatoms. The van der Waals surface area contributed by atoms with Gasteiger partial charge < -0.3 is 10.3 Å². The molecule has 0 aliphatic rings. The normalized spacial score (nSPS) is 12.2. The first-order valence-corrected chi connectivity index (χ1v) is 8.53. The number of hydrogen-bond donors (Lipinski definition) is 2. The lowest BCUT2D eigenvalue weighted by Crippen LogP contribution is -2.36. The number of amides is 1. The molecule has 124 valence electrons. The number of unbranched alkanes of at least 4 members (excludes halogenated alkanes) is 3. The van der Waals surface area contributed by atoms with Crippen LogP contribution < -0.4 is 10.9 Å². The van der Waals surface area contributed by atoms with Crippen LogP contribution in [0.25, 0.3) is 0 Å². The first-order valence-electron chi connectivity index (χ1n) is 8.53. The Bertz CT molecular complexity index is 534. The van der Waals surface area contributed by atoms with Crippen LogP contribution in [0.15, 0.2) is 10.9 Å². The van der Waals surface area contributed by atoms with Gasteiger partial charge in [0.1, 0.15) is 5.56 Å². The highest BCUT2D eigenvalue weighted by Crippen LogP contribution is 2.08. The van der Waals surface area contributed by atoms with Crippen molar-refractivity contribution < 1.29 is 4.79 Å². The van der Waals surface area contributed by atoms with Crippen LogP contribution in [0.5, 0.6) is 0 Å². The molecule has 0 radical (unpaired) electrons. The summed E-state index contributed by atoms with van der Waals surface area (Å²) >= 11 is 0. The van der Waals surface area contributed by atoms with Crippen molar-refractivity contribution in [2.45, 2.75) is 78.7 Å². The van der Waals surface area contributed by atoms with E-state index in [0.717, 1.165) is 36.9 Å². The summed E-state index contributed by atoms with van der Waals surface area (Å²) in [6.07, 6.45) is 7.50. The third kappa shape index (κ3) is 5.66. The fourth-order valence-electron chi connectivity index (χ4n) is 2.60. The second-order valence-electron chi connectivity index (χ2n) is 6.15. The third-order valence-electron chi connectivity index (χ3n) is 3.96. The van der Waals surface area contributed by atoms with Crippen LogP contribution in [0.3, 0.4) is 0 Å². The first kappa shape index (κ1) is 18.5. The van der Waals surface area contributed by atoms with E-state index in [1.807, 2.05) is 13.8 Å². The predicted octanol–water partition coefficient (Wildman–Crippen LogP) is 3.72. The maximum Gasteiger partial charge on any atom is 0.261 e. The Kier molecular flexibility index (Phi) is 7.92. The van der Waals surface area contributed by atoms with Crippen molar-refractivity contribution in [3.8, 4) is 0 Å². The molecule has 1 rings (SSSR count). The second-order valence-corrected chi connectivity index (χ2v) is 6.15. The van der Waals surface area contributed by atoms with Crippen LogP contribution >= 0.6 is 0 Å². The first-order chi connectivity index (χ1) is 10.5. The van der Waals surface area contributed by atoms with E-state index >= 15 is 0 Å². The van der Waals surface area contributed by atoms with E-state index < -0.39 is 0 Å². The highest BCUT2D eigenvalue weighted by Gasteiger charge is 2.15. The van der Waals surface area contributed by atoms with Gasteiger partial charge in [-0.25, -0.2) is 0 Å². The molecule has 1 amide bonds. The van der Waals surface area contributed by atoms with Crippen LogP contribution in [-0.4, -0.2) is 16.9 Å². The molecule has 1 heterocycles. The number of H-pyrrole nitrogens is 1. The van der Waals surface area contributed by atoms with Crippen LogP contribution in [0, 0.1) is 6.92 Å². The molecule has 0 aliphatic carbocycles. The fraction of sp³-hybridized carbons (Fsp3) is 0.667. The minimum atomic E-state index is -0.287. The van der Waals surface area contributed by atoms with Gasteiger partial charge in [0.05, 0.1) is 0 Å². The van der Waals surface area contributed by atoms with Gasteiger partial charge in [-0.2, -0.15) is 0 Å². The van der Waals surface area contributed by atoms with E-state index in [2.05, 4.69) is 24.1 Å². The van der Waals surface area contributed by atoms with Crippen molar-refractivity contribution in [2.75, 3.05) is 0 Å². The summed E-state index contributed by atoms with van der Waals surface area (Å²) in [5.41, 5.74) is 1.83. The lowest BCUT2D eigenvalue weighted by atomic mass is 10.1. The van der Waals surface area contributed by atoms with E-state index in [-0.39, 0.29) is 23.1 Å². The number of aromatic nitrogens is 1. The molecule has 0 saturated carbocycles. The summed E-state index contributed by atoms with van der Waals surface area (Å²) < 4.78 is 0. The van der Waals surface area contributed by atoms with Gasteiger partial charge in [0.2, 0.25) is 0 Å². The van der Waals surface area contributed by atoms with Crippen molar-refractivity contribution in [2.24, 2.45) is 0 Å². The van der Waals surface area contributed by atoms with Crippen LogP contribution in [0.4, 0.5) is 0 Å². The minimum absolute atomic E-state index is 0.0966. The molecule has 0 unspecified atom stereocenters. The number of aromatic amines is 1. The molecule has 1 aromatic rings. The molecule has 1 aromatic heterocycles. The van der Waals surface area contributed by atoms with Gasteiger partial charge in [0, 0.05) is 11.7 Å². The van der Waals surface area contributed by atoms with E-state index in [1.54, 1.807) is 6.07 Å². The Morgan fingerprint density at radius 3 is 2.59 bits per heavy atom. The molecule has 0 fully saturated rings.